The first-order valence-electron chi connectivity index (χ1n) is 6.61. The highest BCUT2D eigenvalue weighted by atomic mass is 16.3. The van der Waals surface area contributed by atoms with Crippen LogP contribution in [0.3, 0.4) is 0 Å². The molecular weight excluding hydrogens is 196 g/mol. The smallest absolute Gasteiger partial charge is 0.113 e. The van der Waals surface area contributed by atoms with Gasteiger partial charge in [-0.05, 0) is 48.6 Å². The van der Waals surface area contributed by atoms with E-state index in [1.807, 2.05) is 6.26 Å². The maximum atomic E-state index is 5.82. The Bertz CT molecular complexity index is 401. The third-order valence-corrected chi connectivity index (χ3v) is 5.20. The molecule has 0 radical (unpaired) electrons. The van der Waals surface area contributed by atoms with Crippen LogP contribution in [0.25, 0.3) is 0 Å². The van der Waals surface area contributed by atoms with Gasteiger partial charge in [-0.25, -0.2) is 0 Å². The summed E-state index contributed by atoms with van der Waals surface area (Å²) in [5, 5.41) is 0. The average Bonchev–Trinajstić information content (AvgIpc) is 2.65. The molecule has 0 N–H and O–H groups in total. The van der Waals surface area contributed by atoms with Gasteiger partial charge in [-0.1, -0.05) is 27.2 Å². The molecule has 1 fully saturated rings. The van der Waals surface area contributed by atoms with E-state index in [1.54, 1.807) is 0 Å². The molecule has 1 heterocycles. The molecule has 1 nitrogen and oxygen atoms in total. The van der Waals surface area contributed by atoms with Crippen molar-refractivity contribution in [2.24, 2.45) is 11.3 Å². The third-order valence-electron chi connectivity index (χ3n) is 5.20. The lowest BCUT2D eigenvalue weighted by molar-refractivity contribution is 0.0271. The zero-order valence-electron chi connectivity index (χ0n) is 10.7. The molecule has 1 saturated carbocycles. The predicted molar refractivity (Wildman–Crippen MR) is 65.5 cm³/mol. The maximum absolute atomic E-state index is 5.82. The van der Waals surface area contributed by atoms with Crippen molar-refractivity contribution in [3.63, 3.8) is 0 Å². The van der Waals surface area contributed by atoms with E-state index in [0.29, 0.717) is 10.8 Å². The summed E-state index contributed by atoms with van der Waals surface area (Å²) >= 11 is 0. The first-order valence-corrected chi connectivity index (χ1v) is 6.61. The van der Waals surface area contributed by atoms with Gasteiger partial charge in [0, 0.05) is 5.41 Å². The molecule has 0 aliphatic heterocycles. The van der Waals surface area contributed by atoms with E-state index in [4.69, 9.17) is 4.42 Å². The Hall–Kier alpha value is -0.720. The van der Waals surface area contributed by atoms with Crippen LogP contribution in [0.15, 0.2) is 16.7 Å². The molecule has 0 saturated heterocycles. The number of hydrogen-bond donors (Lipinski definition) is 0. The van der Waals surface area contributed by atoms with Crippen molar-refractivity contribution in [1.29, 1.82) is 0 Å². The van der Waals surface area contributed by atoms with Crippen LogP contribution in [0, 0.1) is 11.3 Å². The second-order valence-corrected chi connectivity index (χ2v) is 6.63. The monoisotopic (exact) mass is 218 g/mol. The van der Waals surface area contributed by atoms with E-state index in [-0.39, 0.29) is 0 Å². The first-order chi connectivity index (χ1) is 7.54. The van der Waals surface area contributed by atoms with Gasteiger partial charge in [-0.3, -0.25) is 0 Å². The van der Waals surface area contributed by atoms with Crippen molar-refractivity contribution < 1.29 is 4.42 Å². The van der Waals surface area contributed by atoms with Crippen LogP contribution in [-0.2, 0) is 11.8 Å². The molecule has 2 aliphatic rings. The number of furan rings is 1. The minimum atomic E-state index is 0.304. The largest absolute Gasteiger partial charge is 0.468 e. The Balaban J connectivity index is 2.09. The van der Waals surface area contributed by atoms with Crippen molar-refractivity contribution >= 4 is 0 Å². The van der Waals surface area contributed by atoms with Crippen molar-refractivity contribution in [2.75, 3.05) is 0 Å². The minimum absolute atomic E-state index is 0.304. The van der Waals surface area contributed by atoms with Crippen LogP contribution >= 0.6 is 0 Å². The van der Waals surface area contributed by atoms with Gasteiger partial charge in [0.25, 0.3) is 0 Å². The summed E-state index contributed by atoms with van der Waals surface area (Å²) in [5.41, 5.74) is 2.26. The highest BCUT2D eigenvalue weighted by Gasteiger charge is 2.51. The summed E-state index contributed by atoms with van der Waals surface area (Å²) in [6.07, 6.45) is 8.48. The highest BCUT2D eigenvalue weighted by Crippen LogP contribution is 2.57. The Morgan fingerprint density at radius 1 is 1.25 bits per heavy atom. The lowest BCUT2D eigenvalue weighted by Gasteiger charge is -2.52. The predicted octanol–water partition coefficient (Wildman–Crippen LogP) is 4.31. The Morgan fingerprint density at radius 3 is 2.88 bits per heavy atom. The molecule has 88 valence electrons. The molecule has 1 heteroatoms. The van der Waals surface area contributed by atoms with Gasteiger partial charge in [0.05, 0.1) is 6.26 Å². The van der Waals surface area contributed by atoms with E-state index >= 15 is 0 Å². The van der Waals surface area contributed by atoms with E-state index in [1.165, 1.54) is 43.4 Å². The molecule has 3 rings (SSSR count). The standard InChI is InChI=1S/C15H22O/c1-14(2)8-4-9-15(3)12(14)6-5-11-7-10-16-13(11)15/h7,10,12H,4-6,8-9H2,1-3H3. The quantitative estimate of drug-likeness (QED) is 0.632. The van der Waals surface area contributed by atoms with Crippen LogP contribution in [0.1, 0.15) is 57.8 Å². The summed E-state index contributed by atoms with van der Waals surface area (Å²) in [6, 6.07) is 2.18. The molecule has 2 atom stereocenters. The van der Waals surface area contributed by atoms with Gasteiger partial charge in [0.15, 0.2) is 0 Å². The molecular formula is C15H22O. The normalized spacial score (nSPS) is 36.6. The third kappa shape index (κ3) is 1.23. The van der Waals surface area contributed by atoms with Gasteiger partial charge < -0.3 is 4.42 Å². The molecule has 2 aliphatic carbocycles. The summed E-state index contributed by atoms with van der Waals surface area (Å²) in [7, 11) is 0. The van der Waals surface area contributed by atoms with Gasteiger partial charge in [-0.2, -0.15) is 0 Å². The summed E-state index contributed by atoms with van der Waals surface area (Å²) in [6.45, 7) is 7.33. The van der Waals surface area contributed by atoms with Gasteiger partial charge in [0.1, 0.15) is 5.76 Å². The minimum Gasteiger partial charge on any atom is -0.468 e. The van der Waals surface area contributed by atoms with E-state index in [0.717, 1.165) is 5.92 Å². The van der Waals surface area contributed by atoms with Gasteiger partial charge in [-0.15, -0.1) is 0 Å². The van der Waals surface area contributed by atoms with Crippen LogP contribution in [0.5, 0.6) is 0 Å². The molecule has 0 bridgehead atoms. The Kier molecular flexibility index (Phi) is 2.05. The van der Waals surface area contributed by atoms with E-state index < -0.39 is 0 Å². The van der Waals surface area contributed by atoms with Crippen molar-refractivity contribution in [3.05, 3.63) is 23.7 Å². The lowest BCUT2D eigenvalue weighted by atomic mass is 9.52. The van der Waals surface area contributed by atoms with Crippen molar-refractivity contribution in [2.45, 2.75) is 58.3 Å². The van der Waals surface area contributed by atoms with Crippen LogP contribution in [0.4, 0.5) is 0 Å². The number of aryl methyl sites for hydroxylation is 1. The zero-order valence-corrected chi connectivity index (χ0v) is 10.7. The summed E-state index contributed by atoms with van der Waals surface area (Å²) in [4.78, 5) is 0. The maximum Gasteiger partial charge on any atom is 0.113 e. The zero-order chi connectivity index (χ0) is 11.4. The fourth-order valence-electron chi connectivity index (χ4n) is 4.44. The Morgan fingerprint density at radius 2 is 2.06 bits per heavy atom. The SMILES string of the molecule is CC1(C)CCCC2(C)c3occc3CCC12. The van der Waals surface area contributed by atoms with Crippen LogP contribution in [0.2, 0.25) is 0 Å². The van der Waals surface area contributed by atoms with Crippen LogP contribution < -0.4 is 0 Å². The second-order valence-electron chi connectivity index (χ2n) is 6.63. The van der Waals surface area contributed by atoms with Crippen LogP contribution in [-0.4, -0.2) is 0 Å². The number of hydrogen-bond acceptors (Lipinski definition) is 1. The fourth-order valence-corrected chi connectivity index (χ4v) is 4.44. The molecule has 2 unspecified atom stereocenters. The van der Waals surface area contributed by atoms with Crippen molar-refractivity contribution in [3.8, 4) is 0 Å². The first kappa shape index (κ1) is 10.4. The lowest BCUT2D eigenvalue weighted by Crippen LogP contribution is -2.47. The topological polar surface area (TPSA) is 13.1 Å². The molecule has 1 aromatic rings. The molecule has 16 heavy (non-hydrogen) atoms. The summed E-state index contributed by atoms with van der Waals surface area (Å²) < 4.78 is 5.82. The molecule has 1 aromatic heterocycles. The average molecular weight is 218 g/mol. The molecule has 0 aromatic carbocycles. The summed E-state index contributed by atoms with van der Waals surface area (Å²) in [5.74, 6) is 2.10. The number of fused-ring (bicyclic) bond motifs is 3. The van der Waals surface area contributed by atoms with Gasteiger partial charge >= 0.3 is 0 Å². The van der Waals surface area contributed by atoms with Gasteiger partial charge in [0.2, 0.25) is 0 Å². The Labute approximate surface area is 98.2 Å². The molecule has 0 spiro atoms. The van der Waals surface area contributed by atoms with E-state index in [9.17, 15) is 0 Å². The highest BCUT2D eigenvalue weighted by molar-refractivity contribution is 5.31. The second kappa shape index (κ2) is 3.15. The number of rotatable bonds is 0. The fraction of sp³-hybridized carbons (Fsp3) is 0.733. The van der Waals surface area contributed by atoms with Crippen molar-refractivity contribution in [1.82, 2.24) is 0 Å². The molecule has 0 amide bonds. The van der Waals surface area contributed by atoms with E-state index in [2.05, 4.69) is 26.8 Å².